The SMILES string of the molecule is CC(=O)Nc1cccs1. The Kier molecular flexibility index (Phi) is 1.85. The zero-order valence-corrected chi connectivity index (χ0v) is 5.87. The fraction of sp³-hybridized carbons (Fsp3) is 0.167. The van der Waals surface area contributed by atoms with E-state index in [9.17, 15) is 4.79 Å². The third-order valence-corrected chi connectivity index (χ3v) is 1.61. The average molecular weight is 141 g/mol. The van der Waals surface area contributed by atoms with Crippen LogP contribution < -0.4 is 5.32 Å². The van der Waals surface area contributed by atoms with Gasteiger partial charge in [-0.1, -0.05) is 0 Å². The Labute approximate surface area is 57.5 Å². The summed E-state index contributed by atoms with van der Waals surface area (Å²) in [5.41, 5.74) is 0. The Hall–Kier alpha value is -0.830. The molecule has 9 heavy (non-hydrogen) atoms. The van der Waals surface area contributed by atoms with Crippen molar-refractivity contribution in [1.82, 2.24) is 0 Å². The molecule has 1 aromatic heterocycles. The molecule has 0 bridgehead atoms. The second-order valence-electron chi connectivity index (χ2n) is 1.66. The fourth-order valence-electron chi connectivity index (χ4n) is 0.523. The molecule has 0 spiro atoms. The predicted octanol–water partition coefficient (Wildman–Crippen LogP) is 1.71. The molecule has 2 nitrogen and oxygen atoms in total. The van der Waals surface area contributed by atoms with Crippen LogP contribution in [0.1, 0.15) is 6.92 Å². The quantitative estimate of drug-likeness (QED) is 0.633. The highest BCUT2D eigenvalue weighted by molar-refractivity contribution is 7.14. The van der Waals surface area contributed by atoms with E-state index in [1.54, 1.807) is 0 Å². The van der Waals surface area contributed by atoms with Crippen LogP contribution in [-0.2, 0) is 4.79 Å². The molecular weight excluding hydrogens is 134 g/mol. The molecule has 0 aliphatic rings. The van der Waals surface area contributed by atoms with E-state index in [1.165, 1.54) is 18.3 Å². The lowest BCUT2D eigenvalue weighted by Gasteiger charge is -1.92. The van der Waals surface area contributed by atoms with Crippen LogP contribution in [0.3, 0.4) is 0 Å². The molecule has 0 fully saturated rings. The number of amides is 1. The Balaban J connectivity index is 2.58. The van der Waals surface area contributed by atoms with Crippen LogP contribution in [0.2, 0.25) is 0 Å². The molecule has 0 aliphatic carbocycles. The van der Waals surface area contributed by atoms with Crippen molar-refractivity contribution >= 4 is 22.2 Å². The van der Waals surface area contributed by atoms with Crippen molar-refractivity contribution in [1.29, 1.82) is 0 Å². The summed E-state index contributed by atoms with van der Waals surface area (Å²) >= 11 is 1.52. The van der Waals surface area contributed by atoms with Crippen LogP contribution >= 0.6 is 11.3 Å². The van der Waals surface area contributed by atoms with Crippen LogP contribution in [0, 0.1) is 0 Å². The van der Waals surface area contributed by atoms with Crippen LogP contribution in [0.5, 0.6) is 0 Å². The maximum atomic E-state index is 10.4. The van der Waals surface area contributed by atoms with Crippen LogP contribution in [-0.4, -0.2) is 5.91 Å². The molecule has 1 rings (SSSR count). The molecule has 0 radical (unpaired) electrons. The Bertz CT molecular complexity index is 193. The number of anilines is 1. The first-order valence-electron chi connectivity index (χ1n) is 2.60. The topological polar surface area (TPSA) is 29.1 Å². The van der Waals surface area contributed by atoms with Gasteiger partial charge in [0.15, 0.2) is 0 Å². The van der Waals surface area contributed by atoms with Gasteiger partial charge in [0.25, 0.3) is 0 Å². The van der Waals surface area contributed by atoms with Crippen molar-refractivity contribution < 1.29 is 4.79 Å². The zero-order valence-electron chi connectivity index (χ0n) is 5.05. The monoisotopic (exact) mass is 141 g/mol. The van der Waals surface area contributed by atoms with Crippen LogP contribution in [0.25, 0.3) is 0 Å². The van der Waals surface area contributed by atoms with E-state index >= 15 is 0 Å². The van der Waals surface area contributed by atoms with E-state index in [2.05, 4.69) is 5.32 Å². The number of hydrogen-bond acceptors (Lipinski definition) is 2. The smallest absolute Gasteiger partial charge is 0.221 e. The van der Waals surface area contributed by atoms with Crippen molar-refractivity contribution in [2.75, 3.05) is 5.32 Å². The molecule has 0 saturated carbocycles. The third-order valence-electron chi connectivity index (χ3n) is 0.820. The van der Waals surface area contributed by atoms with Gasteiger partial charge in [-0.3, -0.25) is 4.79 Å². The maximum Gasteiger partial charge on any atom is 0.221 e. The third kappa shape index (κ3) is 1.85. The molecule has 0 unspecified atom stereocenters. The number of carbonyl (C=O) groups is 1. The van der Waals surface area contributed by atoms with Gasteiger partial charge >= 0.3 is 0 Å². The molecule has 1 amide bonds. The highest BCUT2D eigenvalue weighted by Crippen LogP contribution is 2.13. The minimum Gasteiger partial charge on any atom is -0.318 e. The van der Waals surface area contributed by atoms with Crippen LogP contribution in [0.15, 0.2) is 17.5 Å². The van der Waals surface area contributed by atoms with Gasteiger partial charge in [0.05, 0.1) is 5.00 Å². The van der Waals surface area contributed by atoms with Crippen molar-refractivity contribution in [3.05, 3.63) is 17.5 Å². The van der Waals surface area contributed by atoms with Crippen LogP contribution in [0.4, 0.5) is 5.00 Å². The summed E-state index contributed by atoms with van der Waals surface area (Å²) in [6.45, 7) is 1.50. The van der Waals surface area contributed by atoms with Crippen molar-refractivity contribution in [2.24, 2.45) is 0 Å². The zero-order chi connectivity index (χ0) is 6.69. The molecular formula is C6H7NOS. The van der Waals surface area contributed by atoms with E-state index in [4.69, 9.17) is 0 Å². The van der Waals surface area contributed by atoms with Gasteiger partial charge in [-0.2, -0.15) is 0 Å². The number of hydrogen-bond donors (Lipinski definition) is 1. The molecule has 0 atom stereocenters. The van der Waals surface area contributed by atoms with Gasteiger partial charge < -0.3 is 5.32 Å². The lowest BCUT2D eigenvalue weighted by atomic mass is 10.6. The minimum atomic E-state index is -0.0162. The second-order valence-corrected chi connectivity index (χ2v) is 2.61. The first-order valence-corrected chi connectivity index (χ1v) is 3.48. The number of nitrogens with one attached hydrogen (secondary N) is 1. The first-order chi connectivity index (χ1) is 4.29. The van der Waals surface area contributed by atoms with E-state index in [0.717, 1.165) is 5.00 Å². The Morgan fingerprint density at radius 3 is 3.00 bits per heavy atom. The number of thiophene rings is 1. The van der Waals surface area contributed by atoms with Gasteiger partial charge in [-0.25, -0.2) is 0 Å². The standard InChI is InChI=1S/C6H7NOS/c1-5(8)7-6-3-2-4-9-6/h2-4H,1H3,(H,7,8). The second kappa shape index (κ2) is 2.64. The molecule has 3 heteroatoms. The van der Waals surface area contributed by atoms with E-state index in [-0.39, 0.29) is 5.91 Å². The predicted molar refractivity (Wildman–Crippen MR) is 38.6 cm³/mol. The molecule has 48 valence electrons. The van der Waals surface area contributed by atoms with Gasteiger partial charge in [-0.05, 0) is 17.5 Å². The summed E-state index contributed by atoms with van der Waals surface area (Å²) in [5.74, 6) is -0.0162. The number of carbonyl (C=O) groups excluding carboxylic acids is 1. The molecule has 0 saturated heterocycles. The Morgan fingerprint density at radius 2 is 2.56 bits per heavy atom. The first kappa shape index (κ1) is 6.29. The summed E-state index contributed by atoms with van der Waals surface area (Å²) in [5, 5.41) is 5.49. The Morgan fingerprint density at radius 1 is 1.78 bits per heavy atom. The molecule has 0 aromatic carbocycles. The largest absolute Gasteiger partial charge is 0.318 e. The van der Waals surface area contributed by atoms with Gasteiger partial charge in [0.2, 0.25) is 5.91 Å². The van der Waals surface area contributed by atoms with Gasteiger partial charge in [0.1, 0.15) is 0 Å². The lowest BCUT2D eigenvalue weighted by molar-refractivity contribution is -0.114. The highest BCUT2D eigenvalue weighted by Gasteiger charge is 1.92. The highest BCUT2D eigenvalue weighted by atomic mass is 32.1. The summed E-state index contributed by atoms with van der Waals surface area (Å²) in [6, 6.07) is 3.77. The normalized spacial score (nSPS) is 9.00. The van der Waals surface area contributed by atoms with E-state index in [1.807, 2.05) is 17.5 Å². The van der Waals surface area contributed by atoms with E-state index < -0.39 is 0 Å². The van der Waals surface area contributed by atoms with Gasteiger partial charge in [0, 0.05) is 6.92 Å². The summed E-state index contributed by atoms with van der Waals surface area (Å²) in [6.07, 6.45) is 0. The minimum absolute atomic E-state index is 0.0162. The molecule has 1 heterocycles. The summed E-state index contributed by atoms with van der Waals surface area (Å²) < 4.78 is 0. The number of rotatable bonds is 1. The average Bonchev–Trinajstić information content (AvgIpc) is 2.15. The molecule has 1 N–H and O–H groups in total. The summed E-state index contributed by atoms with van der Waals surface area (Å²) in [4.78, 5) is 10.4. The van der Waals surface area contributed by atoms with Crippen molar-refractivity contribution in [2.45, 2.75) is 6.92 Å². The van der Waals surface area contributed by atoms with E-state index in [0.29, 0.717) is 0 Å². The molecule has 0 aliphatic heterocycles. The summed E-state index contributed by atoms with van der Waals surface area (Å²) in [7, 11) is 0. The fourth-order valence-corrected chi connectivity index (χ4v) is 1.19. The van der Waals surface area contributed by atoms with Gasteiger partial charge in [-0.15, -0.1) is 11.3 Å². The van der Waals surface area contributed by atoms with Crippen molar-refractivity contribution in [3.8, 4) is 0 Å². The maximum absolute atomic E-state index is 10.4. The lowest BCUT2D eigenvalue weighted by Crippen LogP contribution is -2.03. The van der Waals surface area contributed by atoms with Crippen molar-refractivity contribution in [3.63, 3.8) is 0 Å². The molecule has 1 aromatic rings.